The first-order valence-electron chi connectivity index (χ1n) is 11.1. The quantitative estimate of drug-likeness (QED) is 0.261. The first-order chi connectivity index (χ1) is 13.8. The van der Waals surface area contributed by atoms with Gasteiger partial charge in [0.25, 0.3) is 0 Å². The second-order valence-corrected chi connectivity index (χ2v) is 9.58. The molecule has 0 amide bonds. The second-order valence-electron chi connectivity index (χ2n) is 7.75. The van der Waals surface area contributed by atoms with Crippen molar-refractivity contribution >= 4 is 22.7 Å². The largest absolute Gasteiger partial charge is 0.144 e. The average molecular weight is 411 g/mol. The lowest BCUT2D eigenvalue weighted by Gasteiger charge is -2.07. The van der Waals surface area contributed by atoms with Crippen LogP contribution in [0, 0.1) is 0 Å². The Morgan fingerprint density at radius 2 is 0.964 bits per heavy atom. The molecule has 0 aliphatic heterocycles. The van der Waals surface area contributed by atoms with Crippen LogP contribution in [0.15, 0.2) is 47.2 Å². The van der Waals surface area contributed by atoms with Gasteiger partial charge in [-0.2, -0.15) is 0 Å². The van der Waals surface area contributed by atoms with Gasteiger partial charge in [0.15, 0.2) is 0 Å². The summed E-state index contributed by atoms with van der Waals surface area (Å²) in [5.74, 6) is 0. The number of benzene rings is 1. The number of hydrogen-bond donors (Lipinski definition) is 0. The van der Waals surface area contributed by atoms with E-state index in [4.69, 9.17) is 0 Å². The van der Waals surface area contributed by atoms with E-state index in [1.54, 1.807) is 0 Å². The van der Waals surface area contributed by atoms with Gasteiger partial charge in [-0.1, -0.05) is 76.6 Å². The fraction of sp³-hybridized carbons (Fsp3) is 0.462. The minimum absolute atomic E-state index is 1.22. The molecule has 0 saturated carbocycles. The van der Waals surface area contributed by atoms with E-state index in [0.29, 0.717) is 0 Å². The van der Waals surface area contributed by atoms with E-state index in [1.807, 2.05) is 22.7 Å². The molecule has 0 saturated heterocycles. The van der Waals surface area contributed by atoms with Gasteiger partial charge in [0, 0.05) is 9.75 Å². The van der Waals surface area contributed by atoms with E-state index in [2.05, 4.69) is 61.0 Å². The fourth-order valence-electron chi connectivity index (χ4n) is 3.83. The zero-order valence-corrected chi connectivity index (χ0v) is 19.1. The Balaban J connectivity index is 1.67. The average Bonchev–Trinajstić information content (AvgIpc) is 3.38. The minimum atomic E-state index is 1.22. The van der Waals surface area contributed by atoms with Crippen LogP contribution in [0.25, 0.3) is 20.9 Å². The van der Waals surface area contributed by atoms with Crippen molar-refractivity contribution in [1.82, 2.24) is 0 Å². The van der Waals surface area contributed by atoms with Gasteiger partial charge < -0.3 is 0 Å². The highest BCUT2D eigenvalue weighted by Crippen LogP contribution is 2.35. The summed E-state index contributed by atoms with van der Waals surface area (Å²) in [6.45, 7) is 4.56. The minimum Gasteiger partial charge on any atom is -0.144 e. The molecule has 0 bridgehead atoms. The summed E-state index contributed by atoms with van der Waals surface area (Å²) >= 11 is 3.78. The van der Waals surface area contributed by atoms with E-state index in [-0.39, 0.29) is 0 Å². The van der Waals surface area contributed by atoms with Gasteiger partial charge in [-0.3, -0.25) is 0 Å². The van der Waals surface area contributed by atoms with Gasteiger partial charge in [0.05, 0.1) is 0 Å². The molecule has 0 atom stereocenters. The first-order valence-corrected chi connectivity index (χ1v) is 12.8. The molecule has 2 heterocycles. The summed E-state index contributed by atoms with van der Waals surface area (Å²) in [6.07, 6.45) is 13.1. The van der Waals surface area contributed by atoms with E-state index in [1.165, 1.54) is 96.2 Å². The maximum Gasteiger partial charge on any atom is 0.0374 e. The second kappa shape index (κ2) is 11.6. The van der Waals surface area contributed by atoms with Crippen molar-refractivity contribution < 1.29 is 0 Å². The first kappa shape index (κ1) is 21.3. The molecule has 3 rings (SSSR count). The number of hydrogen-bond acceptors (Lipinski definition) is 2. The summed E-state index contributed by atoms with van der Waals surface area (Å²) in [5.41, 5.74) is 5.82. The predicted octanol–water partition coefficient (Wildman–Crippen LogP) is 9.39. The van der Waals surface area contributed by atoms with E-state index in [0.717, 1.165) is 0 Å². The van der Waals surface area contributed by atoms with Crippen LogP contribution in [-0.4, -0.2) is 0 Å². The molecular formula is C26H34S2. The van der Waals surface area contributed by atoms with Crippen molar-refractivity contribution in [3.05, 3.63) is 58.3 Å². The molecule has 0 aliphatic carbocycles. The normalized spacial score (nSPS) is 11.2. The maximum atomic E-state index is 2.33. The highest BCUT2D eigenvalue weighted by Gasteiger charge is 2.10. The predicted molar refractivity (Wildman–Crippen MR) is 129 cm³/mol. The molecule has 1 aromatic carbocycles. The van der Waals surface area contributed by atoms with Crippen LogP contribution in [0.3, 0.4) is 0 Å². The van der Waals surface area contributed by atoms with Crippen LogP contribution in [0.4, 0.5) is 0 Å². The Hall–Kier alpha value is -1.38. The van der Waals surface area contributed by atoms with Gasteiger partial charge in [-0.15, -0.1) is 22.7 Å². The lowest BCUT2D eigenvalue weighted by atomic mass is 10.0. The molecule has 0 spiro atoms. The van der Waals surface area contributed by atoms with Crippen LogP contribution < -0.4 is 0 Å². The Kier molecular flexibility index (Phi) is 8.82. The molecular weight excluding hydrogens is 376 g/mol. The van der Waals surface area contributed by atoms with Crippen LogP contribution in [-0.2, 0) is 12.8 Å². The van der Waals surface area contributed by atoms with E-state index in [9.17, 15) is 0 Å². The Morgan fingerprint density at radius 3 is 1.36 bits per heavy atom. The highest BCUT2D eigenvalue weighted by atomic mass is 32.1. The Morgan fingerprint density at radius 1 is 0.536 bits per heavy atom. The smallest absolute Gasteiger partial charge is 0.0374 e. The number of rotatable bonds is 12. The third-order valence-electron chi connectivity index (χ3n) is 5.50. The van der Waals surface area contributed by atoms with Crippen molar-refractivity contribution in [2.75, 3.05) is 0 Å². The summed E-state index contributed by atoms with van der Waals surface area (Å²) in [7, 11) is 0. The summed E-state index contributed by atoms with van der Waals surface area (Å²) in [4.78, 5) is 2.93. The highest BCUT2D eigenvalue weighted by molar-refractivity contribution is 7.14. The van der Waals surface area contributed by atoms with Crippen LogP contribution in [0.2, 0.25) is 0 Å². The van der Waals surface area contributed by atoms with Gasteiger partial charge >= 0.3 is 0 Å². The van der Waals surface area contributed by atoms with Crippen LogP contribution in [0.1, 0.15) is 76.3 Å². The Bertz CT molecular complexity index is 738. The summed E-state index contributed by atoms with van der Waals surface area (Å²) in [5, 5.41) is 4.51. The summed E-state index contributed by atoms with van der Waals surface area (Å²) < 4.78 is 0. The van der Waals surface area contributed by atoms with Gasteiger partial charge in [-0.05, 0) is 70.8 Å². The Labute approximate surface area is 179 Å². The molecule has 0 aliphatic rings. The van der Waals surface area contributed by atoms with Crippen molar-refractivity contribution in [3.8, 4) is 20.9 Å². The van der Waals surface area contributed by atoms with Crippen molar-refractivity contribution in [1.29, 1.82) is 0 Å². The van der Waals surface area contributed by atoms with E-state index >= 15 is 0 Å². The summed E-state index contributed by atoms with van der Waals surface area (Å²) in [6, 6.07) is 14.0. The molecule has 0 N–H and O–H groups in total. The van der Waals surface area contributed by atoms with Gasteiger partial charge in [0.1, 0.15) is 0 Å². The van der Waals surface area contributed by atoms with Crippen molar-refractivity contribution in [2.45, 2.75) is 78.1 Å². The standard InChI is InChI=1S/C26H34S2/c1-3-5-7-9-11-21-17-19-27-25(21)23-13-15-24(16-14-23)26-22(18-20-28-26)12-10-8-6-4-2/h13-20H,3-12H2,1-2H3. The maximum absolute atomic E-state index is 2.33. The SMILES string of the molecule is CCCCCCc1ccsc1-c1ccc(-c2sccc2CCCCCC)cc1. The molecule has 2 heteroatoms. The molecule has 0 unspecified atom stereocenters. The third kappa shape index (κ3) is 5.81. The monoisotopic (exact) mass is 410 g/mol. The zero-order valence-electron chi connectivity index (χ0n) is 17.5. The third-order valence-corrected chi connectivity index (χ3v) is 7.51. The molecule has 3 aromatic rings. The molecule has 28 heavy (non-hydrogen) atoms. The topological polar surface area (TPSA) is 0 Å². The lowest BCUT2D eigenvalue weighted by Crippen LogP contribution is -1.88. The number of unbranched alkanes of at least 4 members (excludes halogenated alkanes) is 6. The van der Waals surface area contributed by atoms with Crippen molar-refractivity contribution in [2.24, 2.45) is 0 Å². The molecule has 0 radical (unpaired) electrons. The van der Waals surface area contributed by atoms with Gasteiger partial charge in [-0.25, -0.2) is 0 Å². The fourth-order valence-corrected chi connectivity index (χ4v) is 5.75. The number of aryl methyl sites for hydroxylation is 2. The lowest BCUT2D eigenvalue weighted by molar-refractivity contribution is 0.668. The zero-order chi connectivity index (χ0) is 19.6. The molecule has 0 fully saturated rings. The van der Waals surface area contributed by atoms with E-state index < -0.39 is 0 Å². The number of thiophene rings is 2. The van der Waals surface area contributed by atoms with Crippen LogP contribution >= 0.6 is 22.7 Å². The van der Waals surface area contributed by atoms with Gasteiger partial charge in [0.2, 0.25) is 0 Å². The molecule has 2 aromatic heterocycles. The van der Waals surface area contributed by atoms with Crippen molar-refractivity contribution in [3.63, 3.8) is 0 Å². The molecule has 150 valence electrons. The van der Waals surface area contributed by atoms with Crippen LogP contribution in [0.5, 0.6) is 0 Å². The molecule has 0 nitrogen and oxygen atoms in total.